The highest BCUT2D eigenvalue weighted by molar-refractivity contribution is 6.30. The first-order valence-corrected chi connectivity index (χ1v) is 11.2. The van der Waals surface area contributed by atoms with Gasteiger partial charge in [-0.1, -0.05) is 41.9 Å². The Morgan fingerprint density at radius 1 is 1.06 bits per heavy atom. The van der Waals surface area contributed by atoms with Gasteiger partial charge in [-0.15, -0.1) is 0 Å². The van der Waals surface area contributed by atoms with Gasteiger partial charge < -0.3 is 19.8 Å². The number of halogens is 1. The van der Waals surface area contributed by atoms with Crippen LogP contribution in [0.5, 0.6) is 17.2 Å². The molecule has 34 heavy (non-hydrogen) atoms. The summed E-state index contributed by atoms with van der Waals surface area (Å²) in [6, 6.07) is 18.8. The Kier molecular flexibility index (Phi) is 5.63. The molecule has 1 atom stereocenters. The molecular formula is C26H22ClN3O4. The fraction of sp³-hybridized carbons (Fsp3) is 0.154. The standard InChI is InChI=1S/C26H22ClN3O4/c1-2-34-21-13-16(9-12-20(21)32)25-22-23(18-5-3-4-6-19(18)31)28-29-24(22)26(33)30(25)14-15-7-10-17(27)11-8-15/h3-13,25,31-32H,2,14H2,1H3,(H,28,29). The number of aromatic nitrogens is 2. The molecule has 0 fully saturated rings. The number of nitrogens with one attached hydrogen (secondary N) is 1. The number of carbonyl (C=O) groups is 1. The fourth-order valence-electron chi connectivity index (χ4n) is 4.34. The van der Waals surface area contributed by atoms with Crippen molar-refractivity contribution < 1.29 is 19.7 Å². The summed E-state index contributed by atoms with van der Waals surface area (Å²) < 4.78 is 5.60. The first-order chi connectivity index (χ1) is 16.5. The van der Waals surface area contributed by atoms with Crippen molar-refractivity contribution in [3.05, 3.63) is 94.1 Å². The van der Waals surface area contributed by atoms with Gasteiger partial charge in [0.2, 0.25) is 0 Å². The van der Waals surface area contributed by atoms with E-state index in [0.717, 1.165) is 11.1 Å². The SMILES string of the molecule is CCOc1cc(C2c3c(-c4ccccc4O)n[nH]c3C(=O)N2Cc2ccc(Cl)cc2)ccc1O. The molecule has 7 nitrogen and oxygen atoms in total. The summed E-state index contributed by atoms with van der Waals surface area (Å²) in [6.07, 6.45) is 0. The number of ether oxygens (including phenoxy) is 1. The number of benzene rings is 3. The Bertz CT molecular complexity index is 1370. The molecule has 0 radical (unpaired) electrons. The van der Waals surface area contributed by atoms with Crippen LogP contribution in [0.3, 0.4) is 0 Å². The molecule has 4 aromatic rings. The summed E-state index contributed by atoms with van der Waals surface area (Å²) in [6.45, 7) is 2.55. The van der Waals surface area contributed by atoms with Gasteiger partial charge in [-0.05, 0) is 54.4 Å². The fourth-order valence-corrected chi connectivity index (χ4v) is 4.47. The molecule has 0 aliphatic carbocycles. The van der Waals surface area contributed by atoms with Gasteiger partial charge in [-0.25, -0.2) is 0 Å². The van der Waals surface area contributed by atoms with Crippen LogP contribution >= 0.6 is 11.6 Å². The molecular weight excluding hydrogens is 454 g/mol. The molecule has 3 aromatic carbocycles. The lowest BCUT2D eigenvalue weighted by atomic mass is 9.95. The van der Waals surface area contributed by atoms with Gasteiger partial charge in [0, 0.05) is 22.7 Å². The van der Waals surface area contributed by atoms with Crippen LogP contribution in [0.4, 0.5) is 0 Å². The molecule has 0 saturated heterocycles. The molecule has 8 heteroatoms. The van der Waals surface area contributed by atoms with E-state index in [1.807, 2.05) is 19.1 Å². The Balaban J connectivity index is 1.67. The minimum Gasteiger partial charge on any atom is -0.507 e. The second kappa shape index (κ2) is 8.76. The van der Waals surface area contributed by atoms with Gasteiger partial charge >= 0.3 is 0 Å². The number of para-hydroxylation sites is 1. The Morgan fingerprint density at radius 3 is 2.56 bits per heavy atom. The van der Waals surface area contributed by atoms with Crippen LogP contribution in [0.1, 0.15) is 40.1 Å². The van der Waals surface area contributed by atoms with Gasteiger partial charge in [-0.3, -0.25) is 9.89 Å². The van der Waals surface area contributed by atoms with E-state index >= 15 is 0 Å². The average Bonchev–Trinajstić information content (AvgIpc) is 3.37. The normalized spacial score (nSPS) is 14.9. The van der Waals surface area contributed by atoms with E-state index in [9.17, 15) is 15.0 Å². The Labute approximate surface area is 201 Å². The zero-order valence-electron chi connectivity index (χ0n) is 18.3. The molecule has 1 aliphatic heterocycles. The van der Waals surface area contributed by atoms with Crippen LogP contribution in [0.2, 0.25) is 5.02 Å². The second-order valence-electron chi connectivity index (χ2n) is 8.00. The van der Waals surface area contributed by atoms with E-state index in [2.05, 4.69) is 10.2 Å². The van der Waals surface area contributed by atoms with Crippen LogP contribution in [0.25, 0.3) is 11.3 Å². The lowest BCUT2D eigenvalue weighted by Crippen LogP contribution is -2.29. The summed E-state index contributed by atoms with van der Waals surface area (Å²) in [4.78, 5) is 15.3. The van der Waals surface area contributed by atoms with Crippen molar-refractivity contribution in [1.82, 2.24) is 15.1 Å². The molecule has 0 saturated carbocycles. The number of fused-ring (bicyclic) bond motifs is 1. The zero-order chi connectivity index (χ0) is 23.8. The second-order valence-corrected chi connectivity index (χ2v) is 8.44. The van der Waals surface area contributed by atoms with E-state index in [4.69, 9.17) is 16.3 Å². The summed E-state index contributed by atoms with van der Waals surface area (Å²) in [7, 11) is 0. The maximum atomic E-state index is 13.5. The molecule has 5 rings (SSSR count). The van der Waals surface area contributed by atoms with Gasteiger partial charge in [0.25, 0.3) is 5.91 Å². The van der Waals surface area contributed by atoms with Crippen molar-refractivity contribution in [1.29, 1.82) is 0 Å². The zero-order valence-corrected chi connectivity index (χ0v) is 19.1. The number of amides is 1. The number of hydrogen-bond acceptors (Lipinski definition) is 5. The number of rotatable bonds is 6. The molecule has 2 heterocycles. The monoisotopic (exact) mass is 475 g/mol. The van der Waals surface area contributed by atoms with Crippen LogP contribution in [-0.4, -0.2) is 37.8 Å². The highest BCUT2D eigenvalue weighted by atomic mass is 35.5. The van der Waals surface area contributed by atoms with Crippen molar-refractivity contribution in [2.75, 3.05) is 6.61 Å². The number of H-pyrrole nitrogens is 1. The number of aromatic hydroxyl groups is 2. The molecule has 1 aromatic heterocycles. The average molecular weight is 476 g/mol. The van der Waals surface area contributed by atoms with Crippen molar-refractivity contribution in [2.24, 2.45) is 0 Å². The molecule has 0 spiro atoms. The maximum absolute atomic E-state index is 13.5. The Hall–Kier alpha value is -3.97. The van der Waals surface area contributed by atoms with E-state index in [1.54, 1.807) is 59.5 Å². The molecule has 1 aliphatic rings. The van der Waals surface area contributed by atoms with Crippen LogP contribution in [0, 0.1) is 0 Å². The number of hydrogen-bond donors (Lipinski definition) is 3. The van der Waals surface area contributed by atoms with Crippen LogP contribution < -0.4 is 4.74 Å². The van der Waals surface area contributed by atoms with E-state index in [1.165, 1.54) is 0 Å². The first kappa shape index (κ1) is 21.9. The number of phenols is 2. The molecule has 1 unspecified atom stereocenters. The summed E-state index contributed by atoms with van der Waals surface area (Å²) in [5, 5.41) is 28.6. The highest BCUT2D eigenvalue weighted by Gasteiger charge is 2.42. The number of phenolic OH excluding ortho intramolecular Hbond substituents is 2. The largest absolute Gasteiger partial charge is 0.507 e. The third-order valence-electron chi connectivity index (χ3n) is 5.89. The van der Waals surface area contributed by atoms with Gasteiger partial charge in [-0.2, -0.15) is 5.10 Å². The third kappa shape index (κ3) is 3.74. The van der Waals surface area contributed by atoms with Crippen molar-refractivity contribution in [3.8, 4) is 28.5 Å². The lowest BCUT2D eigenvalue weighted by molar-refractivity contribution is 0.0730. The van der Waals surface area contributed by atoms with E-state index < -0.39 is 6.04 Å². The minimum absolute atomic E-state index is 0.0209. The lowest BCUT2D eigenvalue weighted by Gasteiger charge is -2.27. The Morgan fingerprint density at radius 2 is 1.82 bits per heavy atom. The molecule has 172 valence electrons. The van der Waals surface area contributed by atoms with Gasteiger partial charge in [0.05, 0.1) is 12.6 Å². The van der Waals surface area contributed by atoms with Crippen LogP contribution in [-0.2, 0) is 6.54 Å². The van der Waals surface area contributed by atoms with Crippen molar-refractivity contribution in [2.45, 2.75) is 19.5 Å². The predicted molar refractivity (Wildman–Crippen MR) is 128 cm³/mol. The molecule has 1 amide bonds. The van der Waals surface area contributed by atoms with E-state index in [-0.39, 0.29) is 17.4 Å². The van der Waals surface area contributed by atoms with Crippen molar-refractivity contribution in [3.63, 3.8) is 0 Å². The third-order valence-corrected chi connectivity index (χ3v) is 6.14. The van der Waals surface area contributed by atoms with Gasteiger partial charge in [0.1, 0.15) is 17.1 Å². The van der Waals surface area contributed by atoms with Crippen molar-refractivity contribution >= 4 is 17.5 Å². The quantitative estimate of drug-likeness (QED) is 0.352. The minimum atomic E-state index is -0.522. The molecule has 0 bridgehead atoms. The maximum Gasteiger partial charge on any atom is 0.273 e. The summed E-state index contributed by atoms with van der Waals surface area (Å²) >= 11 is 6.05. The predicted octanol–water partition coefficient (Wildman–Crippen LogP) is 5.29. The first-order valence-electron chi connectivity index (χ1n) is 10.9. The summed E-state index contributed by atoms with van der Waals surface area (Å²) in [5.74, 6) is 0.211. The number of carbonyl (C=O) groups excluding carboxylic acids is 1. The summed E-state index contributed by atoms with van der Waals surface area (Å²) in [5.41, 5.74) is 3.71. The molecule has 3 N–H and O–H groups in total. The van der Waals surface area contributed by atoms with Crippen LogP contribution in [0.15, 0.2) is 66.7 Å². The topological polar surface area (TPSA) is 98.7 Å². The number of aromatic amines is 1. The smallest absolute Gasteiger partial charge is 0.273 e. The van der Waals surface area contributed by atoms with E-state index in [0.29, 0.717) is 46.4 Å². The highest BCUT2D eigenvalue weighted by Crippen LogP contribution is 2.46. The van der Waals surface area contributed by atoms with Gasteiger partial charge in [0.15, 0.2) is 11.5 Å². The number of nitrogens with zero attached hydrogens (tertiary/aromatic N) is 2.